The fourth-order valence-electron chi connectivity index (χ4n) is 2.73. The summed E-state index contributed by atoms with van der Waals surface area (Å²) in [4.78, 5) is 28.6. The van der Waals surface area contributed by atoms with Crippen LogP contribution in [-0.2, 0) is 6.42 Å². The zero-order valence-electron chi connectivity index (χ0n) is 16.2. The minimum atomic E-state index is -0.409. The molecule has 3 rings (SSSR count). The van der Waals surface area contributed by atoms with Gasteiger partial charge in [0.15, 0.2) is 5.13 Å². The lowest BCUT2D eigenvalue weighted by Crippen LogP contribution is -2.26. The van der Waals surface area contributed by atoms with Crippen molar-refractivity contribution in [2.24, 2.45) is 0 Å². The van der Waals surface area contributed by atoms with Gasteiger partial charge < -0.3 is 15.4 Å². The van der Waals surface area contributed by atoms with Crippen LogP contribution in [0.4, 0.5) is 15.6 Å². The van der Waals surface area contributed by atoms with Gasteiger partial charge in [0, 0.05) is 17.6 Å². The first-order chi connectivity index (χ1) is 14.0. The Bertz CT molecular complexity index is 1000. The number of amides is 3. The van der Waals surface area contributed by atoms with Crippen LogP contribution < -0.4 is 20.7 Å². The molecule has 0 fully saturated rings. The molecular formula is C21H22N4O3S. The van der Waals surface area contributed by atoms with Crippen molar-refractivity contribution in [1.82, 2.24) is 10.3 Å². The summed E-state index contributed by atoms with van der Waals surface area (Å²) in [5.41, 5.74) is 3.02. The normalized spacial score (nSPS) is 10.3. The predicted octanol–water partition coefficient (Wildman–Crippen LogP) is 4.08. The molecule has 0 saturated carbocycles. The summed E-state index contributed by atoms with van der Waals surface area (Å²) in [7, 11) is 1.62. The quantitative estimate of drug-likeness (QED) is 0.547. The van der Waals surface area contributed by atoms with Gasteiger partial charge in [-0.1, -0.05) is 30.3 Å². The highest BCUT2D eigenvalue weighted by Crippen LogP contribution is 2.18. The van der Waals surface area contributed by atoms with Crippen LogP contribution in [0.2, 0.25) is 0 Å². The van der Waals surface area contributed by atoms with Crippen molar-refractivity contribution < 1.29 is 14.3 Å². The fraction of sp³-hybridized carbons (Fsp3) is 0.190. The van der Waals surface area contributed by atoms with E-state index < -0.39 is 6.03 Å². The molecule has 8 heteroatoms. The molecule has 0 atom stereocenters. The third kappa shape index (κ3) is 5.79. The van der Waals surface area contributed by atoms with E-state index in [2.05, 4.69) is 20.9 Å². The Morgan fingerprint density at radius 2 is 1.93 bits per heavy atom. The second-order valence-corrected chi connectivity index (χ2v) is 7.16. The van der Waals surface area contributed by atoms with Crippen molar-refractivity contribution in [2.45, 2.75) is 13.3 Å². The van der Waals surface area contributed by atoms with E-state index in [1.54, 1.807) is 18.6 Å². The molecule has 150 valence electrons. The Hall–Kier alpha value is -3.39. The summed E-state index contributed by atoms with van der Waals surface area (Å²) in [5, 5.41) is 10.2. The van der Waals surface area contributed by atoms with Gasteiger partial charge >= 0.3 is 6.03 Å². The number of anilines is 2. The Kier molecular flexibility index (Phi) is 6.80. The van der Waals surface area contributed by atoms with Crippen LogP contribution in [0.1, 0.15) is 21.6 Å². The van der Waals surface area contributed by atoms with Crippen molar-refractivity contribution in [3.63, 3.8) is 0 Å². The Morgan fingerprint density at radius 1 is 1.10 bits per heavy atom. The Balaban J connectivity index is 1.49. The van der Waals surface area contributed by atoms with E-state index in [1.807, 2.05) is 49.4 Å². The first-order valence-electron chi connectivity index (χ1n) is 9.05. The van der Waals surface area contributed by atoms with Gasteiger partial charge in [-0.3, -0.25) is 10.1 Å². The van der Waals surface area contributed by atoms with Crippen LogP contribution in [0.3, 0.4) is 0 Å². The van der Waals surface area contributed by atoms with Crippen molar-refractivity contribution in [3.05, 3.63) is 70.7 Å². The summed E-state index contributed by atoms with van der Waals surface area (Å²) in [6.45, 7) is 2.40. The van der Waals surface area contributed by atoms with E-state index >= 15 is 0 Å². The molecule has 1 aromatic heterocycles. The molecule has 0 radical (unpaired) electrons. The van der Waals surface area contributed by atoms with Gasteiger partial charge in [-0.15, -0.1) is 11.3 Å². The number of benzene rings is 2. The predicted molar refractivity (Wildman–Crippen MR) is 115 cm³/mol. The van der Waals surface area contributed by atoms with E-state index in [9.17, 15) is 9.59 Å². The van der Waals surface area contributed by atoms with Gasteiger partial charge in [0.05, 0.1) is 7.11 Å². The number of aromatic nitrogens is 1. The summed E-state index contributed by atoms with van der Waals surface area (Å²) < 4.78 is 5.31. The number of ether oxygens (including phenoxy) is 1. The monoisotopic (exact) mass is 410 g/mol. The number of nitrogens with one attached hydrogen (secondary N) is 3. The number of aryl methyl sites for hydroxylation is 1. The lowest BCUT2D eigenvalue weighted by molar-refractivity contribution is 0.0950. The molecule has 3 N–H and O–H groups in total. The molecular weight excluding hydrogens is 388 g/mol. The van der Waals surface area contributed by atoms with Crippen LogP contribution in [0.15, 0.2) is 53.9 Å². The van der Waals surface area contributed by atoms with Crippen LogP contribution >= 0.6 is 11.3 Å². The molecule has 0 saturated heterocycles. The first-order valence-corrected chi connectivity index (χ1v) is 9.93. The molecule has 1 heterocycles. The highest BCUT2D eigenvalue weighted by atomic mass is 32.1. The lowest BCUT2D eigenvalue weighted by atomic mass is 10.1. The zero-order chi connectivity index (χ0) is 20.6. The largest absolute Gasteiger partial charge is 0.496 e. The smallest absolute Gasteiger partial charge is 0.325 e. The standard InChI is InChI=1S/C21H22N4O3S/c1-14-6-5-8-16(12-14)23-20(27)25-21-24-17(13-29-21)19(26)22-11-10-15-7-3-4-9-18(15)28-2/h3-9,12-13H,10-11H2,1-2H3,(H,22,26)(H2,23,24,25,27). The van der Waals surface area contributed by atoms with Crippen molar-refractivity contribution in [1.29, 1.82) is 0 Å². The average molecular weight is 410 g/mol. The molecule has 0 aliphatic heterocycles. The fourth-order valence-corrected chi connectivity index (χ4v) is 3.41. The molecule has 0 aliphatic rings. The molecule has 29 heavy (non-hydrogen) atoms. The molecule has 3 amide bonds. The third-order valence-electron chi connectivity index (χ3n) is 4.11. The average Bonchev–Trinajstić information content (AvgIpc) is 3.16. The number of methoxy groups -OCH3 is 1. The van der Waals surface area contributed by atoms with E-state index in [0.29, 0.717) is 23.8 Å². The number of urea groups is 1. The van der Waals surface area contributed by atoms with Crippen LogP contribution in [0, 0.1) is 6.92 Å². The Morgan fingerprint density at radius 3 is 2.72 bits per heavy atom. The number of thiazole rings is 1. The number of nitrogens with zero attached hydrogens (tertiary/aromatic N) is 1. The van der Waals surface area contributed by atoms with Gasteiger partial charge in [0.1, 0.15) is 11.4 Å². The topological polar surface area (TPSA) is 92.4 Å². The van der Waals surface area contributed by atoms with Crippen LogP contribution in [0.25, 0.3) is 0 Å². The van der Waals surface area contributed by atoms with Crippen molar-refractivity contribution in [3.8, 4) is 5.75 Å². The summed E-state index contributed by atoms with van der Waals surface area (Å²) in [6, 6.07) is 14.7. The van der Waals surface area contributed by atoms with Gasteiger partial charge in [0.2, 0.25) is 0 Å². The van der Waals surface area contributed by atoms with E-state index in [4.69, 9.17) is 4.74 Å². The maximum Gasteiger partial charge on any atom is 0.325 e. The van der Waals surface area contributed by atoms with Gasteiger partial charge in [-0.2, -0.15) is 0 Å². The lowest BCUT2D eigenvalue weighted by Gasteiger charge is -2.08. The number of carbonyl (C=O) groups excluding carboxylic acids is 2. The molecule has 3 aromatic rings. The summed E-state index contributed by atoms with van der Waals surface area (Å²) >= 11 is 1.19. The molecule has 0 bridgehead atoms. The third-order valence-corrected chi connectivity index (χ3v) is 4.86. The molecule has 0 aliphatic carbocycles. The number of hydrogen-bond donors (Lipinski definition) is 3. The van der Waals surface area contributed by atoms with Gasteiger partial charge in [-0.25, -0.2) is 9.78 Å². The van der Waals surface area contributed by atoms with Crippen molar-refractivity contribution >= 4 is 34.1 Å². The number of carbonyl (C=O) groups is 2. The second kappa shape index (κ2) is 9.70. The number of hydrogen-bond acceptors (Lipinski definition) is 5. The molecule has 7 nitrogen and oxygen atoms in total. The van der Waals surface area contributed by atoms with E-state index in [-0.39, 0.29) is 11.6 Å². The van der Waals surface area contributed by atoms with Crippen LogP contribution in [-0.4, -0.2) is 30.6 Å². The maximum atomic E-state index is 12.3. The number of para-hydroxylation sites is 1. The minimum Gasteiger partial charge on any atom is -0.496 e. The summed E-state index contributed by atoms with van der Waals surface area (Å²) in [6.07, 6.45) is 0.643. The first kappa shape index (κ1) is 20.3. The summed E-state index contributed by atoms with van der Waals surface area (Å²) in [5.74, 6) is 0.504. The Labute approximate surface area is 173 Å². The van der Waals surface area contributed by atoms with Gasteiger partial charge in [0.25, 0.3) is 5.91 Å². The molecule has 2 aromatic carbocycles. The van der Waals surface area contributed by atoms with Crippen LogP contribution in [0.5, 0.6) is 5.75 Å². The molecule has 0 unspecified atom stereocenters. The van der Waals surface area contributed by atoms with E-state index in [0.717, 1.165) is 16.9 Å². The second-order valence-electron chi connectivity index (χ2n) is 6.30. The highest BCUT2D eigenvalue weighted by Gasteiger charge is 2.12. The number of rotatable bonds is 7. The van der Waals surface area contributed by atoms with Gasteiger partial charge in [-0.05, 0) is 42.7 Å². The highest BCUT2D eigenvalue weighted by molar-refractivity contribution is 7.14. The minimum absolute atomic E-state index is 0.265. The SMILES string of the molecule is COc1ccccc1CCNC(=O)c1csc(NC(=O)Nc2cccc(C)c2)n1. The zero-order valence-corrected chi connectivity index (χ0v) is 17.0. The molecule has 0 spiro atoms. The van der Waals surface area contributed by atoms with E-state index in [1.165, 1.54) is 11.3 Å². The maximum absolute atomic E-state index is 12.3. The van der Waals surface area contributed by atoms with Crippen molar-refractivity contribution in [2.75, 3.05) is 24.3 Å².